The summed E-state index contributed by atoms with van der Waals surface area (Å²) in [4.78, 5) is 4.21. The molecule has 2 nitrogen and oxygen atoms in total. The summed E-state index contributed by atoms with van der Waals surface area (Å²) in [6.45, 7) is 4.65. The minimum absolute atomic E-state index is 0.316. The third-order valence-electron chi connectivity index (χ3n) is 18.8. The van der Waals surface area contributed by atoms with Gasteiger partial charge in [-0.2, -0.15) is 0 Å². The first-order chi connectivity index (χ1) is 45.7. The van der Waals surface area contributed by atoms with Crippen molar-refractivity contribution in [3.8, 4) is 89.0 Å². The Bertz CT molecular complexity index is 5250. The standard InChI is InChI=1S/C89H62F2N2/c1-89(2)80-40-24-39-74-79-57-72(92(70-45-41-63(42-46-70)59-25-10-3-11-26-59)82-55-68(61-29-14-5-15-30-61)53-77(87(82)90)65-33-18-7-19-34-65)49-51-75(79)84(67-37-22-9-23-38-67)86(85(74)80)76-52-50-73(58-81(76)89)93(71-47-43-64(44-48-71)60-27-12-4-13-28-60)83-56-69(62-31-16-6-17-32-62)54-78(88(83)91)66-35-20-8-21-36-66/h3-58H,1-2H3. The van der Waals surface area contributed by atoms with Gasteiger partial charge in [0.1, 0.15) is 0 Å². The SMILES string of the molecule is CC1(C)c2cc(N(c3ccc(-c4ccccc4)cc3)c3cc(-c4ccccc4)cc(-c4ccccc4)c3F)ccc2-c2c(-c3ccccc3)c3ccc(N(c4ccc(-c5ccccc5)cc4)c4cc(-c5ccccc5)cc(-c5ccccc5)c4F)cc3c3cccc1c23. The maximum atomic E-state index is 18.3. The van der Waals surface area contributed by atoms with E-state index in [1.54, 1.807) is 0 Å². The van der Waals surface area contributed by atoms with Crippen LogP contribution in [0.4, 0.5) is 42.9 Å². The Morgan fingerprint density at radius 1 is 0.237 bits per heavy atom. The summed E-state index contributed by atoms with van der Waals surface area (Å²) in [7, 11) is 0. The summed E-state index contributed by atoms with van der Waals surface area (Å²) in [6, 6.07) is 117. The second-order valence-electron chi connectivity index (χ2n) is 24.6. The lowest BCUT2D eigenvalue weighted by atomic mass is 9.66. The first kappa shape index (κ1) is 56.5. The molecule has 0 fully saturated rings. The van der Waals surface area contributed by atoms with E-state index in [0.717, 1.165) is 128 Å². The zero-order chi connectivity index (χ0) is 62.6. The Labute approximate surface area is 541 Å². The fourth-order valence-electron chi connectivity index (χ4n) is 14.2. The van der Waals surface area contributed by atoms with Crippen molar-refractivity contribution < 1.29 is 8.78 Å². The van der Waals surface area contributed by atoms with Gasteiger partial charge in [-0.05, 0) is 183 Å². The highest BCUT2D eigenvalue weighted by atomic mass is 19.1. The molecule has 1 aliphatic carbocycles. The lowest BCUT2D eigenvalue weighted by Crippen LogP contribution is -2.25. The van der Waals surface area contributed by atoms with E-state index in [1.165, 1.54) is 5.56 Å². The largest absolute Gasteiger partial charge is 0.308 e. The fraction of sp³-hybridized carbons (Fsp3) is 0.0337. The second kappa shape index (κ2) is 23.6. The van der Waals surface area contributed by atoms with Gasteiger partial charge in [0.05, 0.1) is 11.4 Å². The summed E-state index contributed by atoms with van der Waals surface area (Å²) in [5.41, 5.74) is 21.1. The van der Waals surface area contributed by atoms with Gasteiger partial charge in [-0.3, -0.25) is 0 Å². The van der Waals surface area contributed by atoms with Crippen LogP contribution in [0.1, 0.15) is 25.0 Å². The van der Waals surface area contributed by atoms with Crippen LogP contribution in [-0.4, -0.2) is 0 Å². The highest BCUT2D eigenvalue weighted by Gasteiger charge is 2.37. The molecule has 4 heteroatoms. The summed E-state index contributed by atoms with van der Waals surface area (Å²) in [6.07, 6.45) is 0. The average Bonchev–Trinajstić information content (AvgIpc) is 0.696. The van der Waals surface area contributed by atoms with Crippen LogP contribution in [0.5, 0.6) is 0 Å². The number of hydrogen-bond donors (Lipinski definition) is 0. The predicted molar refractivity (Wildman–Crippen MR) is 386 cm³/mol. The first-order valence-corrected chi connectivity index (χ1v) is 31.8. The molecule has 0 heterocycles. The number of hydrogen-bond acceptors (Lipinski definition) is 2. The Hall–Kier alpha value is -11.7. The summed E-state index contributed by atoms with van der Waals surface area (Å²) < 4.78 is 36.7. The molecular weight excluding hydrogens is 1130 g/mol. The monoisotopic (exact) mass is 1200 g/mol. The molecule has 15 aromatic carbocycles. The normalized spacial score (nSPS) is 12.2. The van der Waals surface area contributed by atoms with E-state index in [2.05, 4.69) is 230 Å². The van der Waals surface area contributed by atoms with E-state index in [9.17, 15) is 0 Å². The van der Waals surface area contributed by atoms with Gasteiger partial charge in [-0.1, -0.05) is 281 Å². The van der Waals surface area contributed by atoms with Crippen molar-refractivity contribution in [2.75, 3.05) is 9.80 Å². The number of fused-ring (bicyclic) bond motifs is 4. The molecule has 93 heavy (non-hydrogen) atoms. The lowest BCUT2D eigenvalue weighted by molar-refractivity contribution is 0.632. The molecule has 0 saturated carbocycles. The molecule has 16 rings (SSSR count). The molecule has 0 atom stereocenters. The summed E-state index contributed by atoms with van der Waals surface area (Å²) >= 11 is 0. The molecule has 15 aromatic rings. The van der Waals surface area contributed by atoms with Crippen LogP contribution in [0.2, 0.25) is 0 Å². The molecular formula is C89H62F2N2. The molecule has 442 valence electrons. The van der Waals surface area contributed by atoms with Crippen LogP contribution in [0.3, 0.4) is 0 Å². The zero-order valence-electron chi connectivity index (χ0n) is 51.5. The number of benzene rings is 15. The summed E-state index contributed by atoms with van der Waals surface area (Å²) in [5, 5.41) is 4.37. The molecule has 0 radical (unpaired) electrons. The maximum Gasteiger partial charge on any atom is 0.155 e. The Kier molecular flexibility index (Phi) is 14.3. The van der Waals surface area contributed by atoms with Gasteiger partial charge in [0.25, 0.3) is 0 Å². The van der Waals surface area contributed by atoms with Crippen molar-refractivity contribution in [1.29, 1.82) is 0 Å². The van der Waals surface area contributed by atoms with Gasteiger partial charge >= 0.3 is 0 Å². The molecule has 1 aliphatic rings. The van der Waals surface area contributed by atoms with Crippen LogP contribution in [0.25, 0.3) is 111 Å². The third-order valence-corrected chi connectivity index (χ3v) is 18.8. The van der Waals surface area contributed by atoms with E-state index in [0.29, 0.717) is 22.5 Å². The van der Waals surface area contributed by atoms with E-state index in [-0.39, 0.29) is 11.6 Å². The minimum Gasteiger partial charge on any atom is -0.308 e. The van der Waals surface area contributed by atoms with Gasteiger partial charge in [0.15, 0.2) is 11.6 Å². The predicted octanol–water partition coefficient (Wildman–Crippen LogP) is 25.2. The van der Waals surface area contributed by atoms with Crippen molar-refractivity contribution in [1.82, 2.24) is 0 Å². The Balaban J connectivity index is 0.926. The molecule has 0 aliphatic heterocycles. The van der Waals surface area contributed by atoms with Crippen molar-refractivity contribution in [3.63, 3.8) is 0 Å². The topological polar surface area (TPSA) is 6.48 Å². The molecule has 0 aromatic heterocycles. The minimum atomic E-state index is -0.569. The summed E-state index contributed by atoms with van der Waals surface area (Å²) in [5.74, 6) is -0.637. The molecule has 0 saturated heterocycles. The smallest absolute Gasteiger partial charge is 0.155 e. The highest BCUT2D eigenvalue weighted by Crippen LogP contribution is 2.57. The molecule has 0 bridgehead atoms. The van der Waals surface area contributed by atoms with Gasteiger partial charge in [-0.15, -0.1) is 0 Å². The Morgan fingerprint density at radius 3 is 1.04 bits per heavy atom. The second-order valence-corrected chi connectivity index (χ2v) is 24.6. The molecule has 0 spiro atoms. The number of rotatable bonds is 13. The number of anilines is 6. The molecule has 0 amide bonds. The first-order valence-electron chi connectivity index (χ1n) is 31.8. The van der Waals surface area contributed by atoms with Gasteiger partial charge in [-0.25, -0.2) is 8.78 Å². The quantitative estimate of drug-likeness (QED) is 0.106. The third kappa shape index (κ3) is 10.1. The number of nitrogens with zero attached hydrogens (tertiary/aromatic N) is 2. The van der Waals surface area contributed by atoms with Gasteiger partial charge in [0.2, 0.25) is 0 Å². The molecule has 0 N–H and O–H groups in total. The van der Waals surface area contributed by atoms with E-state index >= 15 is 8.78 Å². The fourth-order valence-corrected chi connectivity index (χ4v) is 14.2. The van der Waals surface area contributed by atoms with Crippen LogP contribution in [-0.2, 0) is 5.41 Å². The lowest BCUT2D eigenvalue weighted by Gasteiger charge is -2.38. The average molecular weight is 1200 g/mol. The van der Waals surface area contributed by atoms with E-state index in [1.807, 2.05) is 133 Å². The van der Waals surface area contributed by atoms with E-state index in [4.69, 9.17) is 0 Å². The van der Waals surface area contributed by atoms with Crippen molar-refractivity contribution in [2.24, 2.45) is 0 Å². The molecule has 0 unspecified atom stereocenters. The Morgan fingerprint density at radius 2 is 0.602 bits per heavy atom. The van der Waals surface area contributed by atoms with E-state index < -0.39 is 5.41 Å². The van der Waals surface area contributed by atoms with Crippen LogP contribution in [0, 0.1) is 11.6 Å². The number of halogens is 2. The maximum absolute atomic E-state index is 18.3. The zero-order valence-corrected chi connectivity index (χ0v) is 51.5. The van der Waals surface area contributed by atoms with Crippen molar-refractivity contribution in [3.05, 3.63) is 362 Å². The highest BCUT2D eigenvalue weighted by molar-refractivity contribution is 6.24. The van der Waals surface area contributed by atoms with Crippen LogP contribution < -0.4 is 9.80 Å². The van der Waals surface area contributed by atoms with Gasteiger partial charge < -0.3 is 9.80 Å². The van der Waals surface area contributed by atoms with Crippen LogP contribution in [0.15, 0.2) is 340 Å². The van der Waals surface area contributed by atoms with Gasteiger partial charge in [0, 0.05) is 39.3 Å². The van der Waals surface area contributed by atoms with Crippen LogP contribution >= 0.6 is 0 Å². The van der Waals surface area contributed by atoms with Crippen molar-refractivity contribution >= 4 is 55.7 Å². The van der Waals surface area contributed by atoms with Crippen molar-refractivity contribution in [2.45, 2.75) is 19.3 Å².